The highest BCUT2D eigenvalue weighted by molar-refractivity contribution is 14.0. The minimum absolute atomic E-state index is 0. The number of guanidine groups is 1. The van der Waals surface area contributed by atoms with Crippen LogP contribution in [0.25, 0.3) is 0 Å². The van der Waals surface area contributed by atoms with E-state index in [1.165, 1.54) is 24.1 Å². The van der Waals surface area contributed by atoms with Gasteiger partial charge in [0.25, 0.3) is 0 Å². The summed E-state index contributed by atoms with van der Waals surface area (Å²) in [4.78, 5) is 9.74. The first kappa shape index (κ1) is 19.6. The van der Waals surface area contributed by atoms with Crippen molar-refractivity contribution < 1.29 is 0 Å². The predicted molar refractivity (Wildman–Crippen MR) is 99.2 cm³/mol. The molecule has 1 aromatic heterocycles. The summed E-state index contributed by atoms with van der Waals surface area (Å²) < 4.78 is 0. The third-order valence-corrected chi connectivity index (χ3v) is 3.92. The van der Waals surface area contributed by atoms with Gasteiger partial charge in [-0.25, -0.2) is 4.98 Å². The van der Waals surface area contributed by atoms with Crippen LogP contribution < -0.4 is 10.6 Å². The van der Waals surface area contributed by atoms with Gasteiger partial charge in [-0.2, -0.15) is 0 Å². The molecule has 1 heterocycles. The van der Waals surface area contributed by atoms with Crippen LogP contribution in [0.5, 0.6) is 0 Å². The van der Waals surface area contributed by atoms with Crippen LogP contribution in [-0.2, 0) is 6.54 Å². The first-order valence-electron chi connectivity index (χ1n) is 6.97. The van der Waals surface area contributed by atoms with Crippen molar-refractivity contribution in [3.63, 3.8) is 0 Å². The second-order valence-electron chi connectivity index (χ2n) is 5.10. The van der Waals surface area contributed by atoms with Gasteiger partial charge in [-0.3, -0.25) is 4.99 Å². The van der Waals surface area contributed by atoms with Crippen LogP contribution in [0.3, 0.4) is 0 Å². The van der Waals surface area contributed by atoms with Gasteiger partial charge < -0.3 is 10.6 Å². The summed E-state index contributed by atoms with van der Waals surface area (Å²) in [5, 5.41) is 6.67. The number of aliphatic imine (C=N–C) groups is 1. The fourth-order valence-corrected chi connectivity index (χ4v) is 2.48. The molecular weight excluding hydrogens is 383 g/mol. The highest BCUT2D eigenvalue weighted by atomic mass is 127. The summed E-state index contributed by atoms with van der Waals surface area (Å²) in [5.41, 5.74) is 2.99. The Balaban J connectivity index is 0.00000361. The first-order chi connectivity index (χ1) is 9.13. The number of nitrogens with zero attached hydrogens (tertiary/aromatic N) is 2. The molecular formula is C14H27IN4S. The lowest BCUT2D eigenvalue weighted by Gasteiger charge is -2.11. The maximum absolute atomic E-state index is 4.24. The molecule has 0 fully saturated rings. The number of nitrogens with one attached hydrogen (secondary N) is 2. The summed E-state index contributed by atoms with van der Waals surface area (Å²) in [6.07, 6.45) is 3.77. The molecule has 0 aliphatic carbocycles. The molecule has 0 aromatic carbocycles. The Labute approximate surface area is 143 Å². The van der Waals surface area contributed by atoms with Crippen molar-refractivity contribution in [3.05, 3.63) is 16.1 Å². The molecule has 2 N–H and O–H groups in total. The monoisotopic (exact) mass is 410 g/mol. The fourth-order valence-electron chi connectivity index (χ4n) is 1.76. The number of thiazole rings is 1. The van der Waals surface area contributed by atoms with E-state index in [1.807, 2.05) is 19.5 Å². The summed E-state index contributed by atoms with van der Waals surface area (Å²) >= 11 is 1.68. The Hall–Kier alpha value is -0.370. The number of aromatic nitrogens is 1. The third kappa shape index (κ3) is 8.04. The van der Waals surface area contributed by atoms with Crippen molar-refractivity contribution >= 4 is 41.3 Å². The van der Waals surface area contributed by atoms with Crippen molar-refractivity contribution in [3.8, 4) is 0 Å². The molecule has 116 valence electrons. The average molecular weight is 410 g/mol. The minimum atomic E-state index is 0. The molecule has 0 amide bonds. The fraction of sp³-hybridized carbons (Fsp3) is 0.714. The number of hydrogen-bond acceptors (Lipinski definition) is 3. The second-order valence-corrected chi connectivity index (χ2v) is 6.04. The van der Waals surface area contributed by atoms with E-state index in [-0.39, 0.29) is 24.0 Å². The molecule has 0 saturated heterocycles. The lowest BCUT2D eigenvalue weighted by atomic mass is 10.1. The lowest BCUT2D eigenvalue weighted by molar-refractivity contribution is 0.534. The summed E-state index contributed by atoms with van der Waals surface area (Å²) in [6, 6.07) is 0. The molecule has 0 spiro atoms. The zero-order valence-corrected chi connectivity index (χ0v) is 16.0. The highest BCUT2D eigenvalue weighted by Gasteiger charge is 2.02. The van der Waals surface area contributed by atoms with E-state index in [2.05, 4.69) is 34.5 Å². The average Bonchev–Trinajstić information content (AvgIpc) is 2.78. The third-order valence-electron chi connectivity index (χ3n) is 2.99. The Morgan fingerprint density at radius 2 is 2.10 bits per heavy atom. The van der Waals surface area contributed by atoms with E-state index < -0.39 is 0 Å². The predicted octanol–water partition coefficient (Wildman–Crippen LogP) is 3.56. The second kappa shape index (κ2) is 11.3. The molecule has 0 aliphatic heterocycles. The van der Waals surface area contributed by atoms with Crippen LogP contribution in [0.2, 0.25) is 0 Å². The zero-order valence-electron chi connectivity index (χ0n) is 12.9. The van der Waals surface area contributed by atoms with Gasteiger partial charge in [0, 0.05) is 18.5 Å². The van der Waals surface area contributed by atoms with Crippen molar-refractivity contribution in [2.75, 3.05) is 13.6 Å². The van der Waals surface area contributed by atoms with E-state index in [4.69, 9.17) is 0 Å². The highest BCUT2D eigenvalue weighted by Crippen LogP contribution is 2.11. The first-order valence-corrected chi connectivity index (χ1v) is 7.85. The molecule has 0 bridgehead atoms. The van der Waals surface area contributed by atoms with Crippen LogP contribution in [0.1, 0.15) is 43.7 Å². The number of halogens is 1. The van der Waals surface area contributed by atoms with Gasteiger partial charge in [0.2, 0.25) is 0 Å². The van der Waals surface area contributed by atoms with Crippen LogP contribution in [-0.4, -0.2) is 24.5 Å². The molecule has 1 aromatic rings. The summed E-state index contributed by atoms with van der Waals surface area (Å²) in [6.45, 7) is 8.35. The van der Waals surface area contributed by atoms with Crippen molar-refractivity contribution in [1.29, 1.82) is 0 Å². The van der Waals surface area contributed by atoms with Crippen molar-refractivity contribution in [1.82, 2.24) is 15.6 Å². The van der Waals surface area contributed by atoms with Gasteiger partial charge in [-0.05, 0) is 19.3 Å². The van der Waals surface area contributed by atoms with E-state index in [9.17, 15) is 0 Å². The Morgan fingerprint density at radius 3 is 2.65 bits per heavy atom. The van der Waals surface area contributed by atoms with Gasteiger partial charge in [0.05, 0.1) is 17.7 Å². The van der Waals surface area contributed by atoms with Gasteiger partial charge in [-0.15, -0.1) is 35.3 Å². The maximum atomic E-state index is 4.24. The SMILES string of the molecule is CN=C(NCCCCC(C)C)NCc1scnc1C.I. The molecule has 0 saturated carbocycles. The molecule has 20 heavy (non-hydrogen) atoms. The smallest absolute Gasteiger partial charge is 0.191 e. The van der Waals surface area contributed by atoms with Gasteiger partial charge >= 0.3 is 0 Å². The topological polar surface area (TPSA) is 49.3 Å². The number of rotatable bonds is 7. The van der Waals surface area contributed by atoms with Crippen molar-refractivity contribution in [2.24, 2.45) is 10.9 Å². The van der Waals surface area contributed by atoms with Crippen LogP contribution >= 0.6 is 35.3 Å². The molecule has 0 aliphatic rings. The standard InChI is InChI=1S/C14H26N4S.HI/c1-11(2)7-5-6-8-16-14(15-4)17-9-13-12(3)18-10-19-13;/h10-11H,5-9H2,1-4H3,(H2,15,16,17);1H. The van der Waals surface area contributed by atoms with Gasteiger partial charge in [0.15, 0.2) is 5.96 Å². The number of unbranched alkanes of at least 4 members (excludes halogenated alkanes) is 1. The van der Waals surface area contributed by atoms with E-state index in [0.717, 1.165) is 30.7 Å². The molecule has 0 unspecified atom stereocenters. The van der Waals surface area contributed by atoms with E-state index >= 15 is 0 Å². The van der Waals surface area contributed by atoms with Crippen LogP contribution in [0.15, 0.2) is 10.5 Å². The number of aryl methyl sites for hydroxylation is 1. The maximum Gasteiger partial charge on any atom is 0.191 e. The van der Waals surface area contributed by atoms with E-state index in [1.54, 1.807) is 11.3 Å². The molecule has 4 nitrogen and oxygen atoms in total. The zero-order chi connectivity index (χ0) is 14.1. The summed E-state index contributed by atoms with van der Waals surface area (Å²) in [5.74, 6) is 1.67. The van der Waals surface area contributed by atoms with Crippen LogP contribution in [0, 0.1) is 12.8 Å². The largest absolute Gasteiger partial charge is 0.356 e. The normalized spacial score (nSPS) is 11.3. The quantitative estimate of drug-likeness (QED) is 0.313. The van der Waals surface area contributed by atoms with Crippen molar-refractivity contribution in [2.45, 2.75) is 46.6 Å². The van der Waals surface area contributed by atoms with Gasteiger partial charge in [-0.1, -0.05) is 26.7 Å². The lowest BCUT2D eigenvalue weighted by Crippen LogP contribution is -2.37. The molecule has 6 heteroatoms. The van der Waals surface area contributed by atoms with Gasteiger partial charge in [0.1, 0.15) is 0 Å². The van der Waals surface area contributed by atoms with E-state index in [0.29, 0.717) is 0 Å². The summed E-state index contributed by atoms with van der Waals surface area (Å²) in [7, 11) is 1.81. The molecule has 0 atom stereocenters. The molecule has 0 radical (unpaired) electrons. The Bertz CT molecular complexity index is 390. The Morgan fingerprint density at radius 1 is 1.35 bits per heavy atom. The Kier molecular flexibility index (Phi) is 11.1. The van der Waals surface area contributed by atoms with Crippen LogP contribution in [0.4, 0.5) is 0 Å². The molecule has 1 rings (SSSR count). The minimum Gasteiger partial charge on any atom is -0.356 e. The number of hydrogen-bond donors (Lipinski definition) is 2.